The van der Waals surface area contributed by atoms with E-state index in [0.717, 1.165) is 36.0 Å². The van der Waals surface area contributed by atoms with Crippen molar-refractivity contribution >= 4 is 32.9 Å². The number of benzene rings is 2. The van der Waals surface area contributed by atoms with Crippen LogP contribution in [0, 0.1) is 5.92 Å². The van der Waals surface area contributed by atoms with E-state index in [0.29, 0.717) is 5.57 Å². The molecular weight excluding hydrogens is 500 g/mol. The Balaban J connectivity index is 0.000000223. The molecule has 2 aliphatic rings. The molecule has 0 fully saturated rings. The summed E-state index contributed by atoms with van der Waals surface area (Å²) in [5, 5.41) is 0. The molecule has 0 aliphatic carbocycles. The number of rotatable bonds is 11. The first-order valence-corrected chi connectivity index (χ1v) is 15.3. The molecule has 204 valence electrons. The van der Waals surface area contributed by atoms with Crippen molar-refractivity contribution in [1.29, 1.82) is 0 Å². The molecular formula is C31H38O6S. The molecule has 0 aromatic heterocycles. The van der Waals surface area contributed by atoms with Gasteiger partial charge in [0.25, 0.3) is 0 Å². The van der Waals surface area contributed by atoms with Crippen LogP contribution in [-0.2, 0) is 28.9 Å². The van der Waals surface area contributed by atoms with Gasteiger partial charge < -0.3 is 9.47 Å². The lowest BCUT2D eigenvalue weighted by molar-refractivity contribution is -0.139. The number of ether oxygens (including phenoxy) is 2. The monoisotopic (exact) mass is 538 g/mol. The van der Waals surface area contributed by atoms with Gasteiger partial charge in [0, 0.05) is 11.8 Å². The van der Waals surface area contributed by atoms with Crippen LogP contribution < -0.4 is 0 Å². The van der Waals surface area contributed by atoms with Crippen LogP contribution >= 0.6 is 0 Å². The number of carbonyl (C=O) groups excluding carboxylic acids is 2. The molecule has 6 nitrogen and oxygen atoms in total. The molecule has 2 aromatic carbocycles. The Bertz CT molecular complexity index is 1260. The predicted molar refractivity (Wildman–Crippen MR) is 150 cm³/mol. The fourth-order valence-electron chi connectivity index (χ4n) is 4.60. The number of hydrogen-bond donors (Lipinski definition) is 0. The minimum Gasteiger partial charge on any atom is -0.457 e. The standard InChI is InChI=1S/C17H14O4S.C14H24O2/c1-22(19,20)14-9-7-12(8-10-14)15-11-21-17(18)16(15)13-5-3-2-4-6-13;1-3-5-7-9-12-11-16-14(15)13(12)10-8-6-4-2/h2-10H,11H2,1H3;11,13H,3-10H2,1-2H3. The number of carbonyl (C=O) groups is 2. The molecule has 7 heteroatoms. The third-order valence-electron chi connectivity index (χ3n) is 6.77. The van der Waals surface area contributed by atoms with Gasteiger partial charge in [-0.1, -0.05) is 88.4 Å². The van der Waals surface area contributed by atoms with Gasteiger partial charge in [-0.2, -0.15) is 0 Å². The van der Waals surface area contributed by atoms with Gasteiger partial charge in [-0.05, 0) is 48.1 Å². The number of hydrogen-bond acceptors (Lipinski definition) is 6. The maximum absolute atomic E-state index is 12.0. The Morgan fingerprint density at radius 2 is 1.50 bits per heavy atom. The highest BCUT2D eigenvalue weighted by molar-refractivity contribution is 7.90. The van der Waals surface area contributed by atoms with Crippen LogP contribution in [0.1, 0.15) is 76.3 Å². The Kier molecular flexibility index (Phi) is 10.9. The molecule has 0 amide bonds. The number of unbranched alkanes of at least 4 members (excludes halogenated alkanes) is 4. The average Bonchev–Trinajstić information content (AvgIpc) is 3.47. The maximum atomic E-state index is 12.0. The summed E-state index contributed by atoms with van der Waals surface area (Å²) < 4.78 is 33.2. The van der Waals surface area contributed by atoms with Crippen molar-refractivity contribution in [2.45, 2.75) is 70.1 Å². The number of esters is 2. The molecule has 0 saturated carbocycles. The summed E-state index contributed by atoms with van der Waals surface area (Å²) in [6.07, 6.45) is 12.1. The van der Waals surface area contributed by atoms with Gasteiger partial charge in [0.1, 0.15) is 6.61 Å². The van der Waals surface area contributed by atoms with Crippen LogP contribution in [0.3, 0.4) is 0 Å². The van der Waals surface area contributed by atoms with E-state index in [1.165, 1.54) is 43.9 Å². The third-order valence-corrected chi connectivity index (χ3v) is 7.90. The van der Waals surface area contributed by atoms with Crippen LogP contribution in [0.2, 0.25) is 0 Å². The van der Waals surface area contributed by atoms with Crippen LogP contribution in [0.15, 0.2) is 71.3 Å². The van der Waals surface area contributed by atoms with Gasteiger partial charge in [0.05, 0.1) is 22.6 Å². The Morgan fingerprint density at radius 1 is 0.842 bits per heavy atom. The zero-order valence-electron chi connectivity index (χ0n) is 22.6. The minimum atomic E-state index is -3.23. The summed E-state index contributed by atoms with van der Waals surface area (Å²) in [4.78, 5) is 23.8. The first-order valence-electron chi connectivity index (χ1n) is 13.4. The normalized spacial score (nSPS) is 17.0. The SMILES string of the molecule is CCCCCC1=COC(=O)C1CCCCC.CS(=O)(=O)c1ccc(C2=C(c3ccccc3)C(=O)OC2)cc1. The quantitative estimate of drug-likeness (QED) is 0.232. The second-order valence-electron chi connectivity index (χ2n) is 9.73. The molecule has 2 aliphatic heterocycles. The van der Waals surface area contributed by atoms with Gasteiger partial charge in [-0.15, -0.1) is 0 Å². The van der Waals surface area contributed by atoms with Crippen molar-refractivity contribution < 1.29 is 27.5 Å². The summed E-state index contributed by atoms with van der Waals surface area (Å²) in [6.45, 7) is 4.58. The first kappa shape index (κ1) is 29.4. The van der Waals surface area contributed by atoms with Crippen LogP contribution in [0.25, 0.3) is 11.1 Å². The minimum absolute atomic E-state index is 0.0254. The molecule has 1 atom stereocenters. The van der Waals surface area contributed by atoms with Crippen LogP contribution in [0.4, 0.5) is 0 Å². The van der Waals surface area contributed by atoms with E-state index in [-0.39, 0.29) is 29.4 Å². The van der Waals surface area contributed by atoms with Gasteiger partial charge in [-0.25, -0.2) is 13.2 Å². The van der Waals surface area contributed by atoms with Crippen molar-refractivity contribution in [1.82, 2.24) is 0 Å². The fourth-order valence-corrected chi connectivity index (χ4v) is 5.23. The average molecular weight is 539 g/mol. The van der Waals surface area contributed by atoms with Crippen molar-refractivity contribution in [3.05, 3.63) is 77.6 Å². The van der Waals surface area contributed by atoms with Gasteiger partial charge in [-0.3, -0.25) is 4.79 Å². The van der Waals surface area contributed by atoms with E-state index >= 15 is 0 Å². The number of sulfone groups is 1. The van der Waals surface area contributed by atoms with E-state index in [1.54, 1.807) is 30.5 Å². The second-order valence-corrected chi connectivity index (χ2v) is 11.7. The number of cyclic esters (lactones) is 2. The van der Waals surface area contributed by atoms with Crippen LogP contribution in [-0.4, -0.2) is 33.2 Å². The summed E-state index contributed by atoms with van der Waals surface area (Å²) in [5.41, 5.74) is 4.13. The Morgan fingerprint density at radius 3 is 2.13 bits per heavy atom. The predicted octanol–water partition coefficient (Wildman–Crippen LogP) is 6.76. The molecule has 0 bridgehead atoms. The highest BCUT2D eigenvalue weighted by Gasteiger charge is 2.29. The molecule has 2 aromatic rings. The lowest BCUT2D eigenvalue weighted by atomic mass is 9.91. The summed E-state index contributed by atoms with van der Waals surface area (Å²) >= 11 is 0. The van der Waals surface area contributed by atoms with Gasteiger partial charge in [0.15, 0.2) is 9.84 Å². The zero-order chi connectivity index (χ0) is 27.5. The molecule has 0 radical (unpaired) electrons. The van der Waals surface area contributed by atoms with Crippen molar-refractivity contribution in [3.8, 4) is 0 Å². The fraction of sp³-hybridized carbons (Fsp3) is 0.419. The van der Waals surface area contributed by atoms with Crippen molar-refractivity contribution in [2.24, 2.45) is 5.92 Å². The summed E-state index contributed by atoms with van der Waals surface area (Å²) in [5.74, 6) is -0.306. The van der Waals surface area contributed by atoms with Crippen LogP contribution in [0.5, 0.6) is 0 Å². The lowest BCUT2D eigenvalue weighted by Crippen LogP contribution is -2.11. The Labute approximate surface area is 226 Å². The first-order chi connectivity index (χ1) is 18.3. The van der Waals surface area contributed by atoms with E-state index in [1.807, 2.05) is 30.3 Å². The van der Waals surface area contributed by atoms with Crippen molar-refractivity contribution in [3.63, 3.8) is 0 Å². The van der Waals surface area contributed by atoms with E-state index < -0.39 is 9.84 Å². The summed E-state index contributed by atoms with van der Waals surface area (Å²) in [7, 11) is -3.23. The highest BCUT2D eigenvalue weighted by atomic mass is 32.2. The van der Waals surface area contributed by atoms with E-state index in [9.17, 15) is 18.0 Å². The molecule has 0 saturated heterocycles. The lowest BCUT2D eigenvalue weighted by Gasteiger charge is -2.10. The molecule has 2 heterocycles. The highest BCUT2D eigenvalue weighted by Crippen LogP contribution is 2.33. The molecule has 0 N–H and O–H groups in total. The van der Waals surface area contributed by atoms with E-state index in [2.05, 4.69) is 13.8 Å². The smallest absolute Gasteiger partial charge is 0.339 e. The van der Waals surface area contributed by atoms with E-state index in [4.69, 9.17) is 9.47 Å². The Hall–Kier alpha value is -3.19. The molecule has 1 unspecified atom stereocenters. The molecule has 38 heavy (non-hydrogen) atoms. The van der Waals surface area contributed by atoms with Gasteiger partial charge >= 0.3 is 11.9 Å². The topological polar surface area (TPSA) is 86.7 Å². The molecule has 4 rings (SSSR count). The largest absolute Gasteiger partial charge is 0.457 e. The third kappa shape index (κ3) is 7.90. The summed E-state index contributed by atoms with van der Waals surface area (Å²) in [6, 6.07) is 15.8. The zero-order valence-corrected chi connectivity index (χ0v) is 23.4. The second kappa shape index (κ2) is 14.1. The van der Waals surface area contributed by atoms with Gasteiger partial charge in [0.2, 0.25) is 0 Å². The molecule has 0 spiro atoms. The van der Waals surface area contributed by atoms with Crippen molar-refractivity contribution in [2.75, 3.05) is 12.9 Å². The maximum Gasteiger partial charge on any atom is 0.339 e.